The number of carbonyl (C=O) groups is 2. The monoisotopic (exact) mass is 468 g/mol. The van der Waals surface area contributed by atoms with Gasteiger partial charge in [-0.05, 0) is 49.4 Å². The van der Waals surface area contributed by atoms with Crippen molar-refractivity contribution >= 4 is 17.9 Å². The number of aryl methyl sites for hydroxylation is 2. The summed E-state index contributed by atoms with van der Waals surface area (Å²) in [4.78, 5) is 30.5. The van der Waals surface area contributed by atoms with Gasteiger partial charge in [0, 0.05) is 25.3 Å². The second-order valence-electron chi connectivity index (χ2n) is 8.76. The van der Waals surface area contributed by atoms with Crippen LogP contribution in [-0.4, -0.2) is 72.0 Å². The molecule has 1 fully saturated rings. The van der Waals surface area contributed by atoms with Gasteiger partial charge < -0.3 is 25.2 Å². The van der Waals surface area contributed by atoms with Crippen molar-refractivity contribution in [2.24, 2.45) is 0 Å². The second-order valence-corrected chi connectivity index (χ2v) is 8.76. The number of carboxylic acid groups (broad SMARTS) is 1. The predicted octanol–water partition coefficient (Wildman–Crippen LogP) is 2.45. The number of rotatable bonds is 11. The van der Waals surface area contributed by atoms with Gasteiger partial charge >= 0.3 is 12.1 Å². The molecule has 1 saturated heterocycles. The highest BCUT2D eigenvalue weighted by Gasteiger charge is 2.29. The van der Waals surface area contributed by atoms with Crippen molar-refractivity contribution in [3.8, 4) is 0 Å². The van der Waals surface area contributed by atoms with E-state index in [9.17, 15) is 14.7 Å². The lowest BCUT2D eigenvalue weighted by atomic mass is 10.1. The standard InChI is InChI=1S/C25H32N4O5/c30-24(31)22(28-25(32)34-16-18-6-2-1-3-7-18)17-33-21-14-29(15-21)13-5-9-20-11-10-19-8-4-12-26-23(19)27-20/h1-3,6-7,10-11,21-22H,4-5,8-9,12-17H2,(H,26,27)(H,28,32)(H,30,31). The van der Waals surface area contributed by atoms with Gasteiger partial charge in [-0.15, -0.1) is 0 Å². The molecule has 0 aliphatic carbocycles. The molecule has 9 nitrogen and oxygen atoms in total. The molecular formula is C25H32N4O5. The van der Waals surface area contributed by atoms with Gasteiger partial charge in [-0.2, -0.15) is 0 Å². The summed E-state index contributed by atoms with van der Waals surface area (Å²) >= 11 is 0. The van der Waals surface area contributed by atoms with Crippen LogP contribution in [0.2, 0.25) is 0 Å². The summed E-state index contributed by atoms with van der Waals surface area (Å²) in [5.41, 5.74) is 3.24. The lowest BCUT2D eigenvalue weighted by Crippen LogP contribution is -2.54. The van der Waals surface area contributed by atoms with Crippen LogP contribution in [0.3, 0.4) is 0 Å². The van der Waals surface area contributed by atoms with Crippen molar-refractivity contribution in [2.75, 3.05) is 38.1 Å². The zero-order valence-electron chi connectivity index (χ0n) is 19.2. The number of alkyl carbamates (subject to hydrolysis) is 1. The maximum Gasteiger partial charge on any atom is 0.408 e. The Labute approximate surface area is 199 Å². The number of likely N-dealkylation sites (tertiary alicyclic amines) is 1. The molecule has 182 valence electrons. The molecular weight excluding hydrogens is 436 g/mol. The van der Waals surface area contributed by atoms with E-state index in [1.54, 1.807) is 0 Å². The first kappa shape index (κ1) is 24.0. The van der Waals surface area contributed by atoms with Crippen molar-refractivity contribution in [1.82, 2.24) is 15.2 Å². The number of aliphatic carboxylic acids is 1. The number of anilines is 1. The molecule has 34 heavy (non-hydrogen) atoms. The number of ether oxygens (including phenoxy) is 2. The number of fused-ring (bicyclic) bond motifs is 1. The third-order valence-corrected chi connectivity index (χ3v) is 6.08. The van der Waals surface area contributed by atoms with Crippen LogP contribution < -0.4 is 10.6 Å². The average Bonchev–Trinajstić information content (AvgIpc) is 2.83. The van der Waals surface area contributed by atoms with E-state index in [4.69, 9.17) is 14.5 Å². The molecule has 3 N–H and O–H groups in total. The van der Waals surface area contributed by atoms with Crippen LogP contribution in [0.25, 0.3) is 0 Å². The van der Waals surface area contributed by atoms with E-state index < -0.39 is 18.1 Å². The van der Waals surface area contributed by atoms with Crippen LogP contribution in [0.1, 0.15) is 29.7 Å². The van der Waals surface area contributed by atoms with E-state index in [2.05, 4.69) is 27.7 Å². The van der Waals surface area contributed by atoms with E-state index >= 15 is 0 Å². The topological polar surface area (TPSA) is 113 Å². The van der Waals surface area contributed by atoms with Crippen LogP contribution in [-0.2, 0) is 33.7 Å². The number of nitrogens with zero attached hydrogens (tertiary/aromatic N) is 2. The van der Waals surface area contributed by atoms with Crippen LogP contribution in [0, 0.1) is 0 Å². The molecule has 1 atom stereocenters. The Hall–Kier alpha value is -3.17. The van der Waals surface area contributed by atoms with E-state index in [-0.39, 0.29) is 19.3 Å². The Kier molecular flexibility index (Phi) is 8.32. The highest BCUT2D eigenvalue weighted by atomic mass is 16.5. The molecule has 3 heterocycles. The third-order valence-electron chi connectivity index (χ3n) is 6.08. The Morgan fingerprint density at radius 1 is 1.21 bits per heavy atom. The summed E-state index contributed by atoms with van der Waals surface area (Å²) in [6.45, 7) is 3.42. The second kappa shape index (κ2) is 11.8. The maximum absolute atomic E-state index is 12.0. The number of benzene rings is 1. The number of carbonyl (C=O) groups excluding carboxylic acids is 1. The molecule has 0 spiro atoms. The van der Waals surface area contributed by atoms with Crippen LogP contribution >= 0.6 is 0 Å². The number of aromatic nitrogens is 1. The molecule has 1 amide bonds. The van der Waals surface area contributed by atoms with Gasteiger partial charge in [0.15, 0.2) is 6.04 Å². The Bertz CT molecular complexity index is 965. The molecule has 2 aliphatic rings. The quantitative estimate of drug-likeness (QED) is 0.461. The van der Waals surface area contributed by atoms with Crippen LogP contribution in [0.15, 0.2) is 42.5 Å². The fourth-order valence-electron chi connectivity index (χ4n) is 4.12. The highest BCUT2D eigenvalue weighted by molar-refractivity contribution is 5.80. The van der Waals surface area contributed by atoms with Gasteiger partial charge in [-0.25, -0.2) is 14.6 Å². The smallest absolute Gasteiger partial charge is 0.408 e. The highest BCUT2D eigenvalue weighted by Crippen LogP contribution is 2.20. The first-order valence-electron chi connectivity index (χ1n) is 11.8. The molecule has 1 unspecified atom stereocenters. The summed E-state index contributed by atoms with van der Waals surface area (Å²) in [5.74, 6) is -0.119. The molecule has 2 aromatic rings. The lowest BCUT2D eigenvalue weighted by molar-refractivity contribution is -0.143. The molecule has 1 aromatic carbocycles. The molecule has 0 bridgehead atoms. The summed E-state index contributed by atoms with van der Waals surface area (Å²) < 4.78 is 10.8. The molecule has 2 aliphatic heterocycles. The minimum atomic E-state index is -1.15. The van der Waals surface area contributed by atoms with Crippen molar-refractivity contribution in [3.63, 3.8) is 0 Å². The molecule has 9 heteroatoms. The minimum absolute atomic E-state index is 0.0324. The van der Waals surface area contributed by atoms with Gasteiger partial charge in [0.2, 0.25) is 0 Å². The fourth-order valence-corrected chi connectivity index (χ4v) is 4.12. The summed E-state index contributed by atoms with van der Waals surface area (Å²) in [6, 6.07) is 12.4. The van der Waals surface area contributed by atoms with E-state index in [1.165, 1.54) is 5.56 Å². The minimum Gasteiger partial charge on any atom is -0.480 e. The molecule has 0 saturated carbocycles. The SMILES string of the molecule is O=C(NC(COC1CN(CCCc2ccc3c(n2)NCCC3)C1)C(=O)O)OCc1ccccc1. The molecule has 0 radical (unpaired) electrons. The van der Waals surface area contributed by atoms with Gasteiger partial charge in [-0.1, -0.05) is 36.4 Å². The Morgan fingerprint density at radius 3 is 2.82 bits per heavy atom. The van der Waals surface area contributed by atoms with E-state index in [0.29, 0.717) is 0 Å². The molecule has 1 aromatic heterocycles. The van der Waals surface area contributed by atoms with Gasteiger partial charge in [-0.3, -0.25) is 4.90 Å². The van der Waals surface area contributed by atoms with Gasteiger partial charge in [0.05, 0.1) is 12.7 Å². The van der Waals surface area contributed by atoms with Crippen molar-refractivity contribution in [1.29, 1.82) is 0 Å². The zero-order valence-corrected chi connectivity index (χ0v) is 19.2. The first-order chi connectivity index (χ1) is 16.6. The first-order valence-corrected chi connectivity index (χ1v) is 11.8. The fraction of sp³-hybridized carbons (Fsp3) is 0.480. The van der Waals surface area contributed by atoms with Gasteiger partial charge in [0.1, 0.15) is 12.4 Å². The van der Waals surface area contributed by atoms with Crippen LogP contribution in [0.5, 0.6) is 0 Å². The Balaban J connectivity index is 1.10. The van der Waals surface area contributed by atoms with Crippen molar-refractivity contribution in [2.45, 2.75) is 44.4 Å². The van der Waals surface area contributed by atoms with Gasteiger partial charge in [0.25, 0.3) is 0 Å². The summed E-state index contributed by atoms with van der Waals surface area (Å²) in [5, 5.41) is 15.1. The van der Waals surface area contributed by atoms with E-state index in [1.807, 2.05) is 30.3 Å². The number of carboxylic acids is 1. The predicted molar refractivity (Wildman–Crippen MR) is 127 cm³/mol. The van der Waals surface area contributed by atoms with Crippen LogP contribution in [0.4, 0.5) is 10.6 Å². The molecule has 4 rings (SSSR count). The largest absolute Gasteiger partial charge is 0.480 e. The maximum atomic E-state index is 12.0. The van der Waals surface area contributed by atoms with Crippen molar-refractivity contribution < 1.29 is 24.2 Å². The van der Waals surface area contributed by atoms with E-state index in [0.717, 1.165) is 68.9 Å². The number of amides is 1. The number of hydrogen-bond acceptors (Lipinski definition) is 7. The van der Waals surface area contributed by atoms with Crippen molar-refractivity contribution in [3.05, 3.63) is 59.3 Å². The zero-order chi connectivity index (χ0) is 23.8. The summed E-state index contributed by atoms with van der Waals surface area (Å²) in [6.07, 6.45) is 3.38. The number of hydrogen-bond donors (Lipinski definition) is 3. The Morgan fingerprint density at radius 2 is 2.03 bits per heavy atom. The number of pyridine rings is 1. The average molecular weight is 469 g/mol. The lowest BCUT2D eigenvalue weighted by Gasteiger charge is -2.39. The summed E-state index contributed by atoms with van der Waals surface area (Å²) in [7, 11) is 0. The third kappa shape index (κ3) is 6.91. The number of nitrogens with one attached hydrogen (secondary N) is 2. The normalized spacial score (nSPS) is 16.6.